The molecule has 6 rings (SSSR count). The maximum absolute atomic E-state index is 6.58. The van der Waals surface area contributed by atoms with Crippen molar-refractivity contribution in [3.8, 4) is 17.4 Å². The molecule has 2 aliphatic heterocycles. The first kappa shape index (κ1) is 20.4. The van der Waals surface area contributed by atoms with Crippen molar-refractivity contribution in [2.24, 2.45) is 0 Å². The van der Waals surface area contributed by atoms with Crippen LogP contribution >= 0.6 is 11.3 Å². The second-order valence-electron chi connectivity index (χ2n) is 9.76. The first-order valence-corrected chi connectivity index (χ1v) is 12.6. The molecule has 6 nitrogen and oxygen atoms in total. The standard InChI is InChI=1S/C25H29N3O3S/c1-25(2)14-16-6-5-8-18(22(16)31-25)30-23-21-17-7-3-4-9-19(17)32-24(21)27-20(26-23)15-28-10-12-29-13-11-28/h5-6,8H,3-4,7,9-15H2,1-2H3/p+1. The number of quaternary nitrogens is 1. The van der Waals surface area contributed by atoms with Crippen molar-refractivity contribution in [1.29, 1.82) is 0 Å². The molecule has 2 aromatic heterocycles. The number of hydrogen-bond donors (Lipinski definition) is 1. The predicted octanol–water partition coefficient (Wildman–Crippen LogP) is 3.49. The highest BCUT2D eigenvalue weighted by molar-refractivity contribution is 7.18. The smallest absolute Gasteiger partial charge is 0.232 e. The molecule has 0 unspecified atom stereocenters. The van der Waals surface area contributed by atoms with Crippen LogP contribution in [0, 0.1) is 0 Å². The van der Waals surface area contributed by atoms with E-state index in [1.54, 1.807) is 0 Å². The van der Waals surface area contributed by atoms with Crippen molar-refractivity contribution in [2.45, 2.75) is 58.1 Å². The van der Waals surface area contributed by atoms with Crippen LogP contribution in [0.3, 0.4) is 0 Å². The molecule has 168 valence electrons. The van der Waals surface area contributed by atoms with Gasteiger partial charge in [-0.05, 0) is 51.2 Å². The van der Waals surface area contributed by atoms with E-state index >= 15 is 0 Å². The van der Waals surface area contributed by atoms with E-state index < -0.39 is 0 Å². The molecule has 3 aromatic rings. The van der Waals surface area contributed by atoms with Crippen molar-refractivity contribution < 1.29 is 19.1 Å². The number of thiophene rings is 1. The topological polar surface area (TPSA) is 57.9 Å². The van der Waals surface area contributed by atoms with Crippen LogP contribution in [0.4, 0.5) is 0 Å². The summed E-state index contributed by atoms with van der Waals surface area (Å²) < 4.78 is 18.4. The molecular weight excluding hydrogens is 422 g/mol. The fraction of sp³-hybridized carbons (Fsp3) is 0.520. The largest absolute Gasteiger partial charge is 0.483 e. The number of nitrogens with one attached hydrogen (secondary N) is 1. The van der Waals surface area contributed by atoms with Gasteiger partial charge in [-0.3, -0.25) is 0 Å². The molecule has 1 saturated heterocycles. The van der Waals surface area contributed by atoms with Gasteiger partial charge in [0.15, 0.2) is 17.3 Å². The van der Waals surface area contributed by atoms with Gasteiger partial charge in [0, 0.05) is 16.9 Å². The van der Waals surface area contributed by atoms with Gasteiger partial charge in [0.05, 0.1) is 18.6 Å². The maximum Gasteiger partial charge on any atom is 0.232 e. The van der Waals surface area contributed by atoms with E-state index in [1.165, 1.54) is 33.7 Å². The number of para-hydroxylation sites is 1. The summed E-state index contributed by atoms with van der Waals surface area (Å²) in [5.41, 5.74) is 2.38. The van der Waals surface area contributed by atoms with Gasteiger partial charge in [0.25, 0.3) is 0 Å². The zero-order valence-electron chi connectivity index (χ0n) is 18.8. The van der Waals surface area contributed by atoms with Crippen LogP contribution in [-0.4, -0.2) is 41.9 Å². The van der Waals surface area contributed by atoms with E-state index in [1.807, 2.05) is 17.4 Å². The average molecular weight is 453 g/mol. The lowest BCUT2D eigenvalue weighted by Gasteiger charge is -2.23. The summed E-state index contributed by atoms with van der Waals surface area (Å²) in [6.45, 7) is 8.64. The normalized spacial score (nSPS) is 20.1. The molecule has 32 heavy (non-hydrogen) atoms. The van der Waals surface area contributed by atoms with Gasteiger partial charge in [0.1, 0.15) is 30.1 Å². The Bertz CT molecular complexity index is 1170. The number of ether oxygens (including phenoxy) is 3. The Morgan fingerprint density at radius 2 is 1.97 bits per heavy atom. The van der Waals surface area contributed by atoms with Crippen LogP contribution in [0.15, 0.2) is 18.2 Å². The lowest BCUT2D eigenvalue weighted by Crippen LogP contribution is -3.12. The quantitative estimate of drug-likeness (QED) is 0.657. The zero-order chi connectivity index (χ0) is 21.7. The summed E-state index contributed by atoms with van der Waals surface area (Å²) in [5.74, 6) is 3.16. The number of aromatic nitrogens is 2. The number of nitrogens with zero attached hydrogens (tertiary/aromatic N) is 2. The molecule has 1 fully saturated rings. The van der Waals surface area contributed by atoms with Gasteiger partial charge in [0.2, 0.25) is 5.88 Å². The van der Waals surface area contributed by atoms with Crippen molar-refractivity contribution in [3.63, 3.8) is 0 Å². The number of rotatable bonds is 4. The number of hydrogen-bond acceptors (Lipinski definition) is 6. The summed E-state index contributed by atoms with van der Waals surface area (Å²) in [6.07, 6.45) is 5.58. The predicted molar refractivity (Wildman–Crippen MR) is 124 cm³/mol. The summed E-state index contributed by atoms with van der Waals surface area (Å²) in [4.78, 5) is 14.0. The minimum atomic E-state index is -0.213. The van der Waals surface area contributed by atoms with Crippen LogP contribution in [0.5, 0.6) is 17.4 Å². The van der Waals surface area contributed by atoms with Crippen molar-refractivity contribution in [1.82, 2.24) is 9.97 Å². The Kier molecular flexibility index (Phi) is 5.08. The SMILES string of the molecule is CC1(C)Cc2cccc(Oc3nc(C[NH+]4CCOCC4)nc4sc5c(c34)CCCC5)c2O1. The van der Waals surface area contributed by atoms with Gasteiger partial charge in [-0.25, -0.2) is 4.98 Å². The third-order valence-corrected chi connectivity index (χ3v) is 7.88. The molecular formula is C25H30N3O3S+. The molecule has 7 heteroatoms. The fourth-order valence-corrected chi connectivity index (χ4v) is 6.42. The van der Waals surface area contributed by atoms with E-state index in [2.05, 4.69) is 26.0 Å². The lowest BCUT2D eigenvalue weighted by molar-refractivity contribution is -0.922. The Hall–Kier alpha value is -2.22. The van der Waals surface area contributed by atoms with Gasteiger partial charge < -0.3 is 19.1 Å². The molecule has 0 bridgehead atoms. The third kappa shape index (κ3) is 3.76. The number of aryl methyl sites for hydroxylation is 2. The monoisotopic (exact) mass is 452 g/mol. The fourth-order valence-electron chi connectivity index (χ4n) is 5.15. The molecule has 0 atom stereocenters. The summed E-state index contributed by atoms with van der Waals surface area (Å²) in [6, 6.07) is 6.19. The number of benzene rings is 1. The Morgan fingerprint density at radius 3 is 2.84 bits per heavy atom. The Morgan fingerprint density at radius 1 is 1.12 bits per heavy atom. The van der Waals surface area contributed by atoms with Crippen molar-refractivity contribution in [3.05, 3.63) is 40.0 Å². The summed E-state index contributed by atoms with van der Waals surface area (Å²) in [5, 5.41) is 1.11. The molecule has 3 aliphatic rings. The molecule has 1 N–H and O–H groups in total. The van der Waals surface area contributed by atoms with Gasteiger partial charge in [-0.2, -0.15) is 4.98 Å². The van der Waals surface area contributed by atoms with E-state index in [-0.39, 0.29) is 5.60 Å². The number of morpholine rings is 1. The summed E-state index contributed by atoms with van der Waals surface area (Å²) in [7, 11) is 0. The number of fused-ring (bicyclic) bond motifs is 4. The Balaban J connectivity index is 1.42. The molecule has 1 aliphatic carbocycles. The minimum absolute atomic E-state index is 0.213. The third-order valence-electron chi connectivity index (χ3n) is 6.70. The highest BCUT2D eigenvalue weighted by Gasteiger charge is 2.33. The zero-order valence-corrected chi connectivity index (χ0v) is 19.6. The first-order chi connectivity index (χ1) is 15.6. The van der Waals surface area contributed by atoms with Crippen LogP contribution in [-0.2, 0) is 30.5 Å². The van der Waals surface area contributed by atoms with E-state index in [4.69, 9.17) is 24.2 Å². The van der Waals surface area contributed by atoms with Gasteiger partial charge in [-0.15, -0.1) is 11.3 Å². The highest BCUT2D eigenvalue weighted by Crippen LogP contribution is 2.46. The van der Waals surface area contributed by atoms with E-state index in [0.29, 0.717) is 5.88 Å². The summed E-state index contributed by atoms with van der Waals surface area (Å²) >= 11 is 1.83. The average Bonchev–Trinajstić information content (AvgIpc) is 3.31. The first-order valence-electron chi connectivity index (χ1n) is 11.8. The van der Waals surface area contributed by atoms with Crippen molar-refractivity contribution >= 4 is 21.6 Å². The van der Waals surface area contributed by atoms with Crippen LogP contribution in [0.1, 0.15) is 48.5 Å². The Labute approximate surface area is 192 Å². The van der Waals surface area contributed by atoms with E-state index in [9.17, 15) is 0 Å². The maximum atomic E-state index is 6.58. The highest BCUT2D eigenvalue weighted by atomic mass is 32.1. The molecule has 0 spiro atoms. The lowest BCUT2D eigenvalue weighted by atomic mass is 9.97. The molecule has 4 heterocycles. The van der Waals surface area contributed by atoms with Crippen LogP contribution < -0.4 is 14.4 Å². The van der Waals surface area contributed by atoms with Gasteiger partial charge >= 0.3 is 0 Å². The minimum Gasteiger partial charge on any atom is -0.483 e. The molecule has 0 saturated carbocycles. The van der Waals surface area contributed by atoms with Crippen molar-refractivity contribution in [2.75, 3.05) is 26.3 Å². The van der Waals surface area contributed by atoms with Gasteiger partial charge in [-0.1, -0.05) is 12.1 Å². The van der Waals surface area contributed by atoms with E-state index in [0.717, 1.165) is 79.7 Å². The molecule has 1 aromatic carbocycles. The molecule has 0 amide bonds. The van der Waals surface area contributed by atoms with Crippen LogP contribution in [0.2, 0.25) is 0 Å². The molecule has 0 radical (unpaired) electrons. The second-order valence-corrected chi connectivity index (χ2v) is 10.8. The second kappa shape index (κ2) is 7.97. The van der Waals surface area contributed by atoms with Crippen LogP contribution in [0.25, 0.3) is 10.2 Å².